The number of carboxylic acids is 1. The minimum atomic E-state index is -4.76. The molecular weight excluding hydrogens is 506 g/mol. The summed E-state index contributed by atoms with van der Waals surface area (Å²) < 4.78 is 87.3. The van der Waals surface area contributed by atoms with Crippen molar-refractivity contribution in [3.05, 3.63) is 48.5 Å². The summed E-state index contributed by atoms with van der Waals surface area (Å²) in [7, 11) is 0. The van der Waals surface area contributed by atoms with Crippen LogP contribution in [0.4, 0.5) is 37.7 Å². The monoisotopic (exact) mass is 532 g/mol. The highest BCUT2D eigenvalue weighted by Gasteiger charge is 2.48. The summed E-state index contributed by atoms with van der Waals surface area (Å²) in [5, 5.41) is 9.12. The molecule has 0 spiro atoms. The Hall–Kier alpha value is -3.31. The lowest BCUT2D eigenvalue weighted by atomic mass is 10.0. The van der Waals surface area contributed by atoms with Gasteiger partial charge in [-0.1, -0.05) is 6.07 Å². The summed E-state index contributed by atoms with van der Waals surface area (Å²) in [6.45, 7) is 0.818. The minimum absolute atomic E-state index is 0.141. The first-order valence-corrected chi connectivity index (χ1v) is 11.8. The first-order chi connectivity index (χ1) is 17.4. The number of benzene rings is 2. The highest BCUT2D eigenvalue weighted by Crippen LogP contribution is 2.40. The molecule has 0 bridgehead atoms. The number of rotatable bonds is 7. The Morgan fingerprint density at radius 1 is 0.946 bits per heavy atom. The zero-order chi connectivity index (χ0) is 26.8. The van der Waals surface area contributed by atoms with Crippen LogP contribution in [0.1, 0.15) is 25.7 Å². The molecule has 0 saturated carbocycles. The van der Waals surface area contributed by atoms with Gasteiger partial charge in [0.1, 0.15) is 17.6 Å². The third kappa shape index (κ3) is 7.14. The molecule has 2 aromatic rings. The van der Waals surface area contributed by atoms with E-state index in [1.807, 2.05) is 4.90 Å². The Morgan fingerprint density at radius 3 is 2.22 bits per heavy atom. The number of hydrogen-bond acceptors (Lipinski definition) is 5. The van der Waals surface area contributed by atoms with Crippen molar-refractivity contribution in [2.45, 2.75) is 50.4 Å². The van der Waals surface area contributed by atoms with Crippen molar-refractivity contribution in [2.24, 2.45) is 5.92 Å². The summed E-state index contributed by atoms with van der Waals surface area (Å²) in [5.41, 5.74) is 1.12. The van der Waals surface area contributed by atoms with Gasteiger partial charge in [-0.15, -0.1) is 13.2 Å². The number of ether oxygens (including phenoxy) is 2. The van der Waals surface area contributed by atoms with Crippen LogP contribution in [0, 0.1) is 5.92 Å². The lowest BCUT2D eigenvalue weighted by Gasteiger charge is -2.34. The molecule has 0 radical (unpaired) electrons. The van der Waals surface area contributed by atoms with Crippen LogP contribution in [0.2, 0.25) is 0 Å². The zero-order valence-corrected chi connectivity index (χ0v) is 19.6. The maximum Gasteiger partial charge on any atom is 0.573 e. The number of halogens is 6. The van der Waals surface area contributed by atoms with Crippen LogP contribution < -0.4 is 19.3 Å². The van der Waals surface area contributed by atoms with Gasteiger partial charge < -0.3 is 24.4 Å². The van der Waals surface area contributed by atoms with Gasteiger partial charge in [0.05, 0.1) is 12.3 Å². The molecule has 4 rings (SSSR count). The Morgan fingerprint density at radius 2 is 1.62 bits per heavy atom. The maximum absolute atomic E-state index is 13.3. The van der Waals surface area contributed by atoms with E-state index in [1.54, 1.807) is 30.3 Å². The molecule has 37 heavy (non-hydrogen) atoms. The van der Waals surface area contributed by atoms with Crippen molar-refractivity contribution < 1.29 is 45.7 Å². The van der Waals surface area contributed by atoms with Gasteiger partial charge in [0, 0.05) is 56.0 Å². The first kappa shape index (κ1) is 26.7. The number of carbonyl (C=O) groups is 1. The number of aliphatic carboxylic acids is 1. The topological polar surface area (TPSA) is 62.2 Å². The molecule has 0 aliphatic carbocycles. The van der Waals surface area contributed by atoms with E-state index >= 15 is 0 Å². The molecule has 2 atom stereocenters. The Kier molecular flexibility index (Phi) is 7.65. The normalized spacial score (nSPS) is 21.2. The number of carboxylic acid groups (broad SMARTS) is 1. The van der Waals surface area contributed by atoms with E-state index in [1.165, 1.54) is 23.1 Å². The van der Waals surface area contributed by atoms with Crippen molar-refractivity contribution in [3.63, 3.8) is 0 Å². The van der Waals surface area contributed by atoms with Crippen LogP contribution >= 0.6 is 0 Å². The molecule has 2 fully saturated rings. The van der Waals surface area contributed by atoms with Crippen molar-refractivity contribution in [1.29, 1.82) is 0 Å². The van der Waals surface area contributed by atoms with Crippen molar-refractivity contribution in [1.82, 2.24) is 0 Å². The first-order valence-electron chi connectivity index (χ1n) is 11.8. The fourth-order valence-corrected chi connectivity index (χ4v) is 4.88. The van der Waals surface area contributed by atoms with Crippen molar-refractivity contribution in [3.8, 4) is 11.5 Å². The van der Waals surface area contributed by atoms with Crippen LogP contribution in [-0.4, -0.2) is 55.4 Å². The lowest BCUT2D eigenvalue weighted by molar-refractivity contribution is -0.274. The highest BCUT2D eigenvalue weighted by atomic mass is 19.4. The number of hydrogen-bond donors (Lipinski definition) is 1. The van der Waals surface area contributed by atoms with Gasteiger partial charge in [-0.2, -0.15) is 13.2 Å². The van der Waals surface area contributed by atoms with Crippen LogP contribution in [0.5, 0.6) is 11.5 Å². The zero-order valence-electron chi connectivity index (χ0n) is 19.6. The smallest absolute Gasteiger partial charge is 0.490 e. The van der Waals surface area contributed by atoms with Crippen LogP contribution in [-0.2, 0) is 4.79 Å². The summed E-state index contributed by atoms with van der Waals surface area (Å²) >= 11 is 0. The van der Waals surface area contributed by atoms with Crippen LogP contribution in [0.25, 0.3) is 0 Å². The Balaban J connectivity index is 1.33. The second-order valence-electron chi connectivity index (χ2n) is 9.22. The van der Waals surface area contributed by atoms with Crippen molar-refractivity contribution in [2.75, 3.05) is 29.4 Å². The van der Waals surface area contributed by atoms with Gasteiger partial charge in [-0.3, -0.25) is 4.79 Å². The Bertz CT molecular complexity index is 1070. The average molecular weight is 532 g/mol. The molecule has 0 amide bonds. The lowest BCUT2D eigenvalue weighted by Crippen LogP contribution is -2.38. The molecule has 2 saturated heterocycles. The highest BCUT2D eigenvalue weighted by molar-refractivity contribution is 5.69. The molecule has 6 nitrogen and oxygen atoms in total. The fraction of sp³-hybridized carbons (Fsp3) is 0.480. The second-order valence-corrected chi connectivity index (χ2v) is 9.22. The van der Waals surface area contributed by atoms with E-state index < -0.39 is 30.5 Å². The third-order valence-electron chi connectivity index (χ3n) is 6.62. The molecular formula is C25H26F6N2O4. The molecule has 0 aromatic heterocycles. The van der Waals surface area contributed by atoms with Gasteiger partial charge in [-0.05, 0) is 42.8 Å². The molecule has 2 aliphatic heterocycles. The summed E-state index contributed by atoms with van der Waals surface area (Å²) in [5.74, 6) is -2.49. The molecule has 12 heteroatoms. The standard InChI is InChI=1S/C25H26F6N2O4/c26-24(27,28)16-12-19(14-23(34)35)33(15-16)17-4-6-20(7-5-17)36-21-8-10-32(11-9-21)18-2-1-3-22(13-18)37-25(29,30)31/h1-7,13,16,19,21H,8-12,14-15H2,(H,34,35). The van der Waals surface area contributed by atoms with E-state index in [4.69, 9.17) is 9.84 Å². The summed E-state index contributed by atoms with van der Waals surface area (Å²) in [4.78, 5) is 14.6. The maximum atomic E-state index is 13.3. The Labute approximate surface area is 209 Å². The van der Waals surface area contributed by atoms with Gasteiger partial charge in [0.15, 0.2) is 0 Å². The predicted octanol–water partition coefficient (Wildman–Crippen LogP) is 5.86. The van der Waals surface area contributed by atoms with Gasteiger partial charge >= 0.3 is 18.5 Å². The van der Waals surface area contributed by atoms with Crippen LogP contribution in [0.3, 0.4) is 0 Å². The predicted molar refractivity (Wildman–Crippen MR) is 123 cm³/mol. The van der Waals surface area contributed by atoms with E-state index in [9.17, 15) is 31.1 Å². The van der Waals surface area contributed by atoms with E-state index in [2.05, 4.69) is 4.74 Å². The van der Waals surface area contributed by atoms with Crippen LogP contribution in [0.15, 0.2) is 48.5 Å². The van der Waals surface area contributed by atoms with E-state index in [-0.39, 0.29) is 31.2 Å². The van der Waals surface area contributed by atoms with Crippen molar-refractivity contribution >= 4 is 17.3 Å². The molecule has 2 aromatic carbocycles. The number of piperidine rings is 1. The number of anilines is 2. The largest absolute Gasteiger partial charge is 0.573 e. The molecule has 202 valence electrons. The quantitative estimate of drug-likeness (QED) is 0.451. The summed E-state index contributed by atoms with van der Waals surface area (Å²) in [6, 6.07) is 11.6. The number of nitrogens with zero attached hydrogens (tertiary/aromatic N) is 2. The average Bonchev–Trinajstić information content (AvgIpc) is 3.23. The summed E-state index contributed by atoms with van der Waals surface area (Å²) in [6.07, 6.45) is -8.71. The molecule has 1 N–H and O–H groups in total. The van der Waals surface area contributed by atoms with Gasteiger partial charge in [-0.25, -0.2) is 0 Å². The van der Waals surface area contributed by atoms with Gasteiger partial charge in [0.2, 0.25) is 0 Å². The molecule has 2 heterocycles. The third-order valence-corrected chi connectivity index (χ3v) is 6.62. The second kappa shape index (κ2) is 10.6. The van der Waals surface area contributed by atoms with E-state index in [0.29, 0.717) is 43.1 Å². The SMILES string of the molecule is O=C(O)CC1CC(C(F)(F)F)CN1c1ccc(OC2CCN(c3cccc(OC(F)(F)F)c3)CC2)cc1. The number of alkyl halides is 6. The van der Waals surface area contributed by atoms with E-state index in [0.717, 1.165) is 0 Å². The molecule has 2 unspecified atom stereocenters. The minimum Gasteiger partial charge on any atom is -0.490 e. The molecule has 2 aliphatic rings. The fourth-order valence-electron chi connectivity index (χ4n) is 4.88. The van der Waals surface area contributed by atoms with Gasteiger partial charge in [0.25, 0.3) is 0 Å².